The minimum absolute atomic E-state index is 0.343. The minimum atomic E-state index is -0.343. The van der Waals surface area contributed by atoms with E-state index in [1.165, 1.54) is 20.0 Å². The van der Waals surface area contributed by atoms with E-state index in [9.17, 15) is 4.79 Å². The Morgan fingerprint density at radius 3 is 2.85 bits per heavy atom. The van der Waals surface area contributed by atoms with E-state index in [0.29, 0.717) is 29.8 Å². The van der Waals surface area contributed by atoms with E-state index in [-0.39, 0.29) is 5.97 Å². The minimum Gasteiger partial charge on any atom is -0.465 e. The fourth-order valence-electron chi connectivity index (χ4n) is 3.04. The Kier molecular flexibility index (Phi) is 4.60. The zero-order valence-corrected chi connectivity index (χ0v) is 12.4. The molecule has 1 aromatic heterocycles. The van der Waals surface area contributed by atoms with E-state index in [1.807, 2.05) is 13.0 Å². The molecule has 2 atom stereocenters. The van der Waals surface area contributed by atoms with E-state index in [4.69, 9.17) is 10.5 Å². The molecular formula is C15H23N3O2. The number of aromatic nitrogens is 1. The van der Waals surface area contributed by atoms with Crippen molar-refractivity contribution in [2.75, 3.05) is 25.6 Å². The van der Waals surface area contributed by atoms with E-state index in [0.717, 1.165) is 12.2 Å². The molecule has 2 unspecified atom stereocenters. The molecule has 5 heteroatoms. The van der Waals surface area contributed by atoms with E-state index in [2.05, 4.69) is 16.9 Å². The highest BCUT2D eigenvalue weighted by Crippen LogP contribution is 2.31. The maximum atomic E-state index is 11.6. The number of carbonyl (C=O) groups is 1. The van der Waals surface area contributed by atoms with Gasteiger partial charge in [0.05, 0.1) is 18.4 Å². The molecule has 0 aromatic carbocycles. The Morgan fingerprint density at radius 1 is 1.50 bits per heavy atom. The Bertz CT molecular complexity index is 490. The normalized spacial score (nSPS) is 21.8. The van der Waals surface area contributed by atoms with E-state index < -0.39 is 0 Å². The number of pyridine rings is 1. The van der Waals surface area contributed by atoms with E-state index >= 15 is 0 Å². The van der Waals surface area contributed by atoms with Crippen LogP contribution in [0.25, 0.3) is 0 Å². The van der Waals surface area contributed by atoms with Crippen molar-refractivity contribution in [1.29, 1.82) is 0 Å². The van der Waals surface area contributed by atoms with Gasteiger partial charge in [-0.05, 0) is 44.4 Å². The van der Waals surface area contributed by atoms with E-state index in [1.54, 1.807) is 6.07 Å². The summed E-state index contributed by atoms with van der Waals surface area (Å²) in [6.07, 6.45) is 3.55. The van der Waals surface area contributed by atoms with Crippen LogP contribution in [0.4, 0.5) is 5.82 Å². The van der Waals surface area contributed by atoms with Crippen LogP contribution >= 0.6 is 0 Å². The maximum Gasteiger partial charge on any atom is 0.339 e. The quantitative estimate of drug-likeness (QED) is 0.849. The van der Waals surface area contributed by atoms with Gasteiger partial charge in [0.15, 0.2) is 0 Å². The molecule has 2 N–H and O–H groups in total. The summed E-state index contributed by atoms with van der Waals surface area (Å²) in [5.41, 5.74) is 7.06. The highest BCUT2D eigenvalue weighted by atomic mass is 16.5. The van der Waals surface area contributed by atoms with Crippen molar-refractivity contribution in [3.8, 4) is 0 Å². The van der Waals surface area contributed by atoms with Crippen molar-refractivity contribution < 1.29 is 9.53 Å². The third-order valence-corrected chi connectivity index (χ3v) is 4.26. The summed E-state index contributed by atoms with van der Waals surface area (Å²) in [5.74, 6) is 1.08. The summed E-state index contributed by atoms with van der Waals surface area (Å²) in [5, 5.41) is 0. The molecule has 1 aliphatic rings. The number of carbonyl (C=O) groups excluding carboxylic acids is 1. The number of hydrogen-bond donors (Lipinski definition) is 1. The predicted molar refractivity (Wildman–Crippen MR) is 78.9 cm³/mol. The second-order valence-corrected chi connectivity index (χ2v) is 5.40. The van der Waals surface area contributed by atoms with Crippen LogP contribution < -0.4 is 10.6 Å². The number of rotatable bonds is 4. The van der Waals surface area contributed by atoms with Crippen molar-refractivity contribution in [2.45, 2.75) is 32.2 Å². The van der Waals surface area contributed by atoms with Gasteiger partial charge >= 0.3 is 5.97 Å². The molecule has 5 nitrogen and oxygen atoms in total. The maximum absolute atomic E-state index is 11.6. The summed E-state index contributed by atoms with van der Waals surface area (Å²) in [6, 6.07) is 4.10. The number of methoxy groups -OCH3 is 1. The average Bonchev–Trinajstić information content (AvgIpc) is 2.94. The Hall–Kier alpha value is -1.62. The molecule has 1 saturated carbocycles. The standard InChI is InChI=1S/C15H23N3O2/c1-10-12(15(19)20-3)7-8-14(17-10)18(2)13-6-4-5-11(13)9-16/h7-8,11,13H,4-6,9,16H2,1-3H3. The molecule has 0 bridgehead atoms. The predicted octanol–water partition coefficient (Wildman–Crippen LogP) is 1.74. The van der Waals surface area contributed by atoms with Crippen LogP contribution in [-0.4, -0.2) is 37.7 Å². The second kappa shape index (κ2) is 6.22. The summed E-state index contributed by atoms with van der Waals surface area (Å²) >= 11 is 0. The number of esters is 1. The van der Waals surface area contributed by atoms with Gasteiger partial charge in [-0.2, -0.15) is 0 Å². The SMILES string of the molecule is COC(=O)c1ccc(N(C)C2CCCC2CN)nc1C. The van der Waals surface area contributed by atoms with Crippen LogP contribution in [0.15, 0.2) is 12.1 Å². The lowest BCUT2D eigenvalue weighted by atomic mass is 10.0. The first-order valence-corrected chi connectivity index (χ1v) is 7.07. The van der Waals surface area contributed by atoms with Crippen LogP contribution in [0.1, 0.15) is 35.3 Å². The molecule has 110 valence electrons. The molecular weight excluding hydrogens is 254 g/mol. The molecule has 0 saturated heterocycles. The number of hydrogen-bond acceptors (Lipinski definition) is 5. The van der Waals surface area contributed by atoms with Crippen molar-refractivity contribution in [2.24, 2.45) is 11.7 Å². The van der Waals surface area contributed by atoms with Crippen LogP contribution in [0.5, 0.6) is 0 Å². The van der Waals surface area contributed by atoms with Gasteiger partial charge in [-0.15, -0.1) is 0 Å². The van der Waals surface area contributed by atoms with Crippen molar-refractivity contribution in [3.05, 3.63) is 23.4 Å². The van der Waals surface area contributed by atoms with Gasteiger partial charge < -0.3 is 15.4 Å². The van der Waals surface area contributed by atoms with Crippen LogP contribution in [0.3, 0.4) is 0 Å². The Balaban J connectivity index is 2.21. The van der Waals surface area contributed by atoms with Gasteiger partial charge in [-0.3, -0.25) is 0 Å². The third kappa shape index (κ3) is 2.77. The Morgan fingerprint density at radius 2 is 2.25 bits per heavy atom. The smallest absolute Gasteiger partial charge is 0.339 e. The first-order chi connectivity index (χ1) is 9.58. The van der Waals surface area contributed by atoms with Gasteiger partial charge in [0.1, 0.15) is 5.82 Å². The lowest BCUT2D eigenvalue weighted by Gasteiger charge is -2.30. The van der Waals surface area contributed by atoms with Crippen molar-refractivity contribution in [3.63, 3.8) is 0 Å². The van der Waals surface area contributed by atoms with Gasteiger partial charge in [0.2, 0.25) is 0 Å². The molecule has 1 fully saturated rings. The zero-order chi connectivity index (χ0) is 14.7. The molecule has 20 heavy (non-hydrogen) atoms. The van der Waals surface area contributed by atoms with Crippen LogP contribution in [-0.2, 0) is 4.74 Å². The molecule has 0 amide bonds. The van der Waals surface area contributed by atoms with Crippen molar-refractivity contribution in [1.82, 2.24) is 4.98 Å². The van der Waals surface area contributed by atoms with Gasteiger partial charge in [0, 0.05) is 13.1 Å². The number of nitrogens with two attached hydrogens (primary N) is 1. The largest absolute Gasteiger partial charge is 0.465 e. The molecule has 0 aliphatic heterocycles. The summed E-state index contributed by atoms with van der Waals surface area (Å²) in [4.78, 5) is 18.3. The zero-order valence-electron chi connectivity index (χ0n) is 12.4. The second-order valence-electron chi connectivity index (χ2n) is 5.40. The topological polar surface area (TPSA) is 68.5 Å². The third-order valence-electron chi connectivity index (χ3n) is 4.26. The molecule has 1 aliphatic carbocycles. The lowest BCUT2D eigenvalue weighted by Crippen LogP contribution is -2.38. The first kappa shape index (κ1) is 14.8. The van der Waals surface area contributed by atoms with Gasteiger partial charge in [-0.1, -0.05) is 6.42 Å². The highest BCUT2D eigenvalue weighted by Gasteiger charge is 2.30. The Labute approximate surface area is 120 Å². The van der Waals surface area contributed by atoms with Gasteiger partial charge in [-0.25, -0.2) is 9.78 Å². The number of anilines is 1. The molecule has 1 heterocycles. The number of nitrogens with zero attached hydrogens (tertiary/aromatic N) is 2. The summed E-state index contributed by atoms with van der Waals surface area (Å²) in [7, 11) is 3.43. The van der Waals surface area contributed by atoms with Crippen molar-refractivity contribution >= 4 is 11.8 Å². The number of aryl methyl sites for hydroxylation is 1. The first-order valence-electron chi connectivity index (χ1n) is 7.07. The molecule has 1 aromatic rings. The fraction of sp³-hybridized carbons (Fsp3) is 0.600. The molecule has 0 spiro atoms. The van der Waals surface area contributed by atoms with Crippen LogP contribution in [0, 0.1) is 12.8 Å². The molecule has 0 radical (unpaired) electrons. The van der Waals surface area contributed by atoms with Gasteiger partial charge in [0.25, 0.3) is 0 Å². The highest BCUT2D eigenvalue weighted by molar-refractivity contribution is 5.90. The summed E-state index contributed by atoms with van der Waals surface area (Å²) in [6.45, 7) is 2.55. The number of ether oxygens (including phenoxy) is 1. The monoisotopic (exact) mass is 277 g/mol. The van der Waals surface area contributed by atoms with Crippen LogP contribution in [0.2, 0.25) is 0 Å². The fourth-order valence-corrected chi connectivity index (χ4v) is 3.04. The molecule has 2 rings (SSSR count). The lowest BCUT2D eigenvalue weighted by molar-refractivity contribution is 0.0599. The summed E-state index contributed by atoms with van der Waals surface area (Å²) < 4.78 is 4.74. The average molecular weight is 277 g/mol.